The van der Waals surface area contributed by atoms with Gasteiger partial charge in [-0.25, -0.2) is 4.99 Å². The Morgan fingerprint density at radius 2 is 2.42 bits per heavy atom. The van der Waals surface area contributed by atoms with Crippen molar-refractivity contribution in [1.82, 2.24) is 4.90 Å². The first kappa shape index (κ1) is 13.6. The van der Waals surface area contributed by atoms with Crippen LogP contribution in [-0.4, -0.2) is 45.5 Å². The van der Waals surface area contributed by atoms with Gasteiger partial charge in [0.15, 0.2) is 5.60 Å². The first-order valence-electron chi connectivity index (χ1n) is 5.89. The van der Waals surface area contributed by atoms with Crippen molar-refractivity contribution in [3.8, 4) is 12.3 Å². The molecule has 1 saturated heterocycles. The van der Waals surface area contributed by atoms with Crippen molar-refractivity contribution in [3.05, 3.63) is 24.7 Å². The molecule has 2 aliphatic heterocycles. The summed E-state index contributed by atoms with van der Waals surface area (Å²) in [6, 6.07) is 0. The van der Waals surface area contributed by atoms with Gasteiger partial charge in [-0.1, -0.05) is 19.4 Å². The molecule has 2 rings (SSSR count). The summed E-state index contributed by atoms with van der Waals surface area (Å²) in [7, 11) is 0. The van der Waals surface area contributed by atoms with Crippen LogP contribution in [0, 0.1) is 18.3 Å². The lowest BCUT2D eigenvalue weighted by Gasteiger charge is -2.31. The summed E-state index contributed by atoms with van der Waals surface area (Å²) in [4.78, 5) is 5.67. The number of terminal acetylenes is 1. The second kappa shape index (κ2) is 4.70. The molecule has 1 fully saturated rings. The first-order chi connectivity index (χ1) is 8.95. The van der Waals surface area contributed by atoms with Gasteiger partial charge in [0.25, 0.3) is 0 Å². The molecule has 4 N–H and O–H groups in total. The highest BCUT2D eigenvalue weighted by Gasteiger charge is 2.53. The Balaban J connectivity index is 2.27. The number of nitrogens with two attached hydrogens (primary N) is 1. The lowest BCUT2D eigenvalue weighted by Crippen LogP contribution is -2.43. The number of hydrogen-bond acceptors (Lipinski definition) is 6. The lowest BCUT2D eigenvalue weighted by atomic mass is 9.92. The molecule has 0 aromatic rings. The van der Waals surface area contributed by atoms with Crippen LogP contribution in [0.2, 0.25) is 0 Å². The highest BCUT2D eigenvalue weighted by Crippen LogP contribution is 2.38. The number of nitrogens with zero attached hydrogens (tertiary/aromatic N) is 2. The van der Waals surface area contributed by atoms with Gasteiger partial charge in [-0.3, -0.25) is 0 Å². The first-order valence-corrected chi connectivity index (χ1v) is 5.89. The molecule has 0 unspecified atom stereocenters. The fourth-order valence-electron chi connectivity index (χ4n) is 2.30. The fourth-order valence-corrected chi connectivity index (χ4v) is 2.30. The second-order valence-electron chi connectivity index (χ2n) is 4.68. The molecule has 2 heterocycles. The van der Waals surface area contributed by atoms with E-state index in [1.54, 1.807) is 24.1 Å². The van der Waals surface area contributed by atoms with Gasteiger partial charge in [0.1, 0.15) is 24.0 Å². The molecule has 0 amide bonds. The summed E-state index contributed by atoms with van der Waals surface area (Å²) in [5.74, 6) is 2.76. The van der Waals surface area contributed by atoms with Crippen molar-refractivity contribution in [2.75, 3.05) is 6.61 Å². The Hall–Kier alpha value is -1.81. The molecule has 2 aliphatic rings. The maximum atomic E-state index is 10.2. The van der Waals surface area contributed by atoms with E-state index >= 15 is 0 Å². The van der Waals surface area contributed by atoms with E-state index in [0.29, 0.717) is 11.7 Å². The Labute approximate surface area is 111 Å². The average Bonchev–Trinajstić information content (AvgIpc) is 2.64. The number of aliphatic imine (C=N–C) groups is 1. The predicted molar refractivity (Wildman–Crippen MR) is 70.4 cm³/mol. The van der Waals surface area contributed by atoms with E-state index < -0.39 is 24.5 Å². The Morgan fingerprint density at radius 3 is 2.89 bits per heavy atom. The number of hydrogen-bond donors (Lipinski definition) is 3. The monoisotopic (exact) mass is 263 g/mol. The number of ether oxygens (including phenoxy) is 1. The minimum Gasteiger partial charge on any atom is -0.392 e. The lowest BCUT2D eigenvalue weighted by molar-refractivity contribution is -0.0993. The van der Waals surface area contributed by atoms with Crippen LogP contribution < -0.4 is 5.73 Å². The molecule has 4 atom stereocenters. The Kier molecular flexibility index (Phi) is 3.37. The van der Waals surface area contributed by atoms with Gasteiger partial charge in [0.2, 0.25) is 0 Å². The maximum Gasteiger partial charge on any atom is 0.179 e. The van der Waals surface area contributed by atoms with Crippen molar-refractivity contribution in [1.29, 1.82) is 0 Å². The van der Waals surface area contributed by atoms with E-state index in [4.69, 9.17) is 16.9 Å². The summed E-state index contributed by atoms with van der Waals surface area (Å²) in [6.45, 7) is 5.11. The Morgan fingerprint density at radius 1 is 1.74 bits per heavy atom. The summed E-state index contributed by atoms with van der Waals surface area (Å²) >= 11 is 0. The minimum absolute atomic E-state index is 0.320. The SMILES string of the molecule is C#C[C@]1(CO)O[C@@H](N2C=CC(N)=NC2=C)[C@@H](C)[C@@H]1O. The molecule has 6 nitrogen and oxygen atoms in total. The molecule has 0 spiro atoms. The average molecular weight is 263 g/mol. The number of amidine groups is 1. The Bertz CT molecular complexity index is 494. The number of aliphatic hydroxyl groups excluding tert-OH is 2. The summed E-state index contributed by atoms with van der Waals surface area (Å²) in [5, 5.41) is 19.6. The molecular formula is C13H17N3O3. The third kappa shape index (κ3) is 2.02. The van der Waals surface area contributed by atoms with Crippen molar-refractivity contribution in [3.63, 3.8) is 0 Å². The highest BCUT2D eigenvalue weighted by atomic mass is 16.6. The second-order valence-corrected chi connectivity index (χ2v) is 4.68. The minimum atomic E-state index is -1.40. The maximum absolute atomic E-state index is 10.2. The molecular weight excluding hydrogens is 246 g/mol. The zero-order chi connectivity index (χ0) is 14.2. The molecule has 0 aromatic carbocycles. The van der Waals surface area contributed by atoms with E-state index in [1.165, 1.54) is 0 Å². The van der Waals surface area contributed by atoms with E-state index in [1.807, 2.05) is 0 Å². The zero-order valence-corrected chi connectivity index (χ0v) is 10.7. The standard InChI is InChI=1S/C13H17N3O3/c1-4-13(7-17)11(18)8(2)12(19-13)16-6-5-10(14)15-9(16)3/h1,5-6,8,11-12,17-18H,3,7H2,2H3,(H2,14,15)/t8-,11-,12+,13+/m0/s1. The number of rotatable bonds is 2. The normalized spacial score (nSPS) is 38.2. The summed E-state index contributed by atoms with van der Waals surface area (Å²) in [5.41, 5.74) is 4.17. The highest BCUT2D eigenvalue weighted by molar-refractivity contribution is 5.92. The molecule has 0 radical (unpaired) electrons. The quantitative estimate of drug-likeness (QED) is 0.577. The molecule has 19 heavy (non-hydrogen) atoms. The van der Waals surface area contributed by atoms with Gasteiger partial charge in [0, 0.05) is 12.1 Å². The van der Waals surface area contributed by atoms with E-state index in [9.17, 15) is 10.2 Å². The van der Waals surface area contributed by atoms with Crippen LogP contribution in [-0.2, 0) is 4.74 Å². The predicted octanol–water partition coefficient (Wildman–Crippen LogP) is -0.638. The smallest absolute Gasteiger partial charge is 0.179 e. The fraction of sp³-hybridized carbons (Fsp3) is 0.462. The zero-order valence-electron chi connectivity index (χ0n) is 10.7. The summed E-state index contributed by atoms with van der Waals surface area (Å²) < 4.78 is 5.68. The van der Waals surface area contributed by atoms with Gasteiger partial charge in [-0.15, -0.1) is 6.42 Å². The van der Waals surface area contributed by atoms with Crippen LogP contribution in [0.15, 0.2) is 29.7 Å². The molecule has 0 saturated carbocycles. The molecule has 0 bridgehead atoms. The van der Waals surface area contributed by atoms with E-state index in [-0.39, 0.29) is 5.92 Å². The molecule has 6 heteroatoms. The van der Waals surface area contributed by atoms with Crippen molar-refractivity contribution in [2.24, 2.45) is 16.6 Å². The number of aliphatic hydroxyl groups is 2. The van der Waals surface area contributed by atoms with Crippen LogP contribution in [0.1, 0.15) is 6.92 Å². The third-order valence-corrected chi connectivity index (χ3v) is 3.47. The largest absolute Gasteiger partial charge is 0.392 e. The van der Waals surface area contributed by atoms with Crippen molar-refractivity contribution in [2.45, 2.75) is 24.9 Å². The van der Waals surface area contributed by atoms with Gasteiger partial charge in [-0.2, -0.15) is 0 Å². The van der Waals surface area contributed by atoms with Crippen LogP contribution in [0.3, 0.4) is 0 Å². The van der Waals surface area contributed by atoms with Crippen molar-refractivity contribution < 1.29 is 14.9 Å². The summed E-state index contributed by atoms with van der Waals surface area (Å²) in [6.07, 6.45) is 7.12. The van der Waals surface area contributed by atoms with Crippen LogP contribution in [0.25, 0.3) is 0 Å². The molecule has 0 aromatic heterocycles. The molecule has 102 valence electrons. The topological polar surface area (TPSA) is 91.3 Å². The van der Waals surface area contributed by atoms with Gasteiger partial charge < -0.3 is 25.6 Å². The third-order valence-electron chi connectivity index (χ3n) is 3.47. The van der Waals surface area contributed by atoms with E-state index in [0.717, 1.165) is 0 Å². The van der Waals surface area contributed by atoms with Crippen LogP contribution in [0.4, 0.5) is 0 Å². The van der Waals surface area contributed by atoms with Crippen molar-refractivity contribution >= 4 is 5.84 Å². The van der Waals surface area contributed by atoms with E-state index in [2.05, 4.69) is 17.5 Å². The van der Waals surface area contributed by atoms with Crippen LogP contribution >= 0.6 is 0 Å². The molecule has 0 aliphatic carbocycles. The van der Waals surface area contributed by atoms with Gasteiger partial charge in [0.05, 0.1) is 6.61 Å². The van der Waals surface area contributed by atoms with Crippen LogP contribution in [0.5, 0.6) is 0 Å². The van der Waals surface area contributed by atoms with Gasteiger partial charge >= 0.3 is 0 Å². The van der Waals surface area contributed by atoms with Gasteiger partial charge in [-0.05, 0) is 6.08 Å².